The summed E-state index contributed by atoms with van der Waals surface area (Å²) in [6, 6.07) is 4.72. The fraction of sp³-hybridized carbons (Fsp3) is 0.579. The Morgan fingerprint density at radius 1 is 1.24 bits per heavy atom. The smallest absolute Gasteiger partial charge is 0.338 e. The Hall–Kier alpha value is -2.08. The number of benzene rings is 1. The average Bonchev–Trinajstić information content (AvgIpc) is 2.95. The predicted molar refractivity (Wildman–Crippen MR) is 91.6 cm³/mol. The molecule has 2 fully saturated rings. The number of amides is 1. The van der Waals surface area contributed by atoms with Gasteiger partial charge in [-0.1, -0.05) is 13.8 Å². The number of methoxy groups -OCH3 is 2. The van der Waals surface area contributed by atoms with Crippen molar-refractivity contribution in [1.29, 1.82) is 0 Å². The fourth-order valence-corrected chi connectivity index (χ4v) is 4.75. The zero-order valence-corrected chi connectivity index (χ0v) is 15.2. The van der Waals surface area contributed by atoms with E-state index >= 15 is 0 Å². The molecule has 136 valence electrons. The average molecular weight is 347 g/mol. The summed E-state index contributed by atoms with van der Waals surface area (Å²) in [5, 5.41) is 9.86. The van der Waals surface area contributed by atoms with Gasteiger partial charge in [-0.05, 0) is 36.0 Å². The summed E-state index contributed by atoms with van der Waals surface area (Å²) in [4.78, 5) is 26.6. The van der Waals surface area contributed by atoms with Crippen LogP contribution in [0.4, 0.5) is 0 Å². The molecule has 1 aliphatic heterocycles. The van der Waals surface area contributed by atoms with Gasteiger partial charge >= 0.3 is 5.97 Å². The molecule has 6 heteroatoms. The molecule has 0 aromatic heterocycles. The van der Waals surface area contributed by atoms with E-state index in [-0.39, 0.29) is 28.9 Å². The largest absolute Gasteiger partial charge is 0.497 e. The molecule has 3 rings (SSSR count). The van der Waals surface area contributed by atoms with E-state index in [9.17, 15) is 14.7 Å². The normalized spacial score (nSPS) is 26.6. The van der Waals surface area contributed by atoms with Crippen molar-refractivity contribution in [3.8, 4) is 5.75 Å². The van der Waals surface area contributed by atoms with E-state index < -0.39 is 5.97 Å². The minimum Gasteiger partial charge on any atom is -0.497 e. The van der Waals surface area contributed by atoms with Gasteiger partial charge in [-0.3, -0.25) is 4.79 Å². The van der Waals surface area contributed by atoms with E-state index in [0.717, 1.165) is 6.42 Å². The summed E-state index contributed by atoms with van der Waals surface area (Å²) in [5.41, 5.74) is 0.614. The second-order valence-corrected chi connectivity index (χ2v) is 7.87. The number of hydrogen-bond donors (Lipinski definition) is 1. The van der Waals surface area contributed by atoms with Gasteiger partial charge in [0.15, 0.2) is 0 Å². The van der Waals surface area contributed by atoms with Gasteiger partial charge in [-0.25, -0.2) is 4.79 Å². The quantitative estimate of drug-likeness (QED) is 0.843. The maximum atomic E-state index is 13.0. The third-order valence-corrected chi connectivity index (χ3v) is 5.81. The molecule has 25 heavy (non-hydrogen) atoms. The second kappa shape index (κ2) is 6.02. The first kappa shape index (κ1) is 17.7. The van der Waals surface area contributed by atoms with E-state index in [1.165, 1.54) is 20.3 Å². The van der Waals surface area contributed by atoms with Crippen LogP contribution in [0.3, 0.4) is 0 Å². The predicted octanol–water partition coefficient (Wildman–Crippen LogP) is 1.96. The lowest BCUT2D eigenvalue weighted by molar-refractivity contribution is -0.0977. The van der Waals surface area contributed by atoms with Crippen molar-refractivity contribution >= 4 is 11.9 Å². The Labute approximate surface area is 147 Å². The van der Waals surface area contributed by atoms with Crippen LogP contribution in [-0.4, -0.2) is 55.8 Å². The van der Waals surface area contributed by atoms with E-state index in [1.54, 1.807) is 17.0 Å². The number of carbonyl (C=O) groups is 2. The molecule has 1 saturated heterocycles. The Morgan fingerprint density at radius 2 is 1.92 bits per heavy atom. The van der Waals surface area contributed by atoms with Crippen molar-refractivity contribution in [2.24, 2.45) is 16.7 Å². The minimum absolute atomic E-state index is 0.0936. The van der Waals surface area contributed by atoms with Gasteiger partial charge in [0.1, 0.15) is 5.75 Å². The lowest BCUT2D eigenvalue weighted by atomic mass is 9.48. The van der Waals surface area contributed by atoms with E-state index in [2.05, 4.69) is 13.8 Å². The van der Waals surface area contributed by atoms with Gasteiger partial charge in [0.05, 0.1) is 26.4 Å². The molecule has 1 heterocycles. The summed E-state index contributed by atoms with van der Waals surface area (Å²) in [6.07, 6.45) is 0.913. The molecule has 6 nitrogen and oxygen atoms in total. The van der Waals surface area contributed by atoms with Gasteiger partial charge in [-0.15, -0.1) is 0 Å². The minimum atomic E-state index is -0.512. The number of hydrogen-bond acceptors (Lipinski definition) is 5. The topological polar surface area (TPSA) is 76.1 Å². The summed E-state index contributed by atoms with van der Waals surface area (Å²) in [6.45, 7) is 5.62. The van der Waals surface area contributed by atoms with Crippen molar-refractivity contribution in [3.05, 3.63) is 29.3 Å². The van der Waals surface area contributed by atoms with Crippen molar-refractivity contribution in [3.63, 3.8) is 0 Å². The van der Waals surface area contributed by atoms with Gasteiger partial charge < -0.3 is 19.5 Å². The number of nitrogens with zero attached hydrogens (tertiary/aromatic N) is 1. The number of esters is 1. The highest BCUT2D eigenvalue weighted by Crippen LogP contribution is 2.62. The zero-order chi connectivity index (χ0) is 18.4. The molecule has 1 aromatic carbocycles. The number of fused-ring (bicyclic) bond motifs is 1. The standard InChI is InChI=1S/C19H25NO5/c1-18(2)9-19(11-21)10-20(8-15(18)19)16(22)12-5-13(17(23)25-4)7-14(6-12)24-3/h5-7,15,21H,8-11H2,1-4H3/t15-,19-/m1/s1. The van der Waals surface area contributed by atoms with Crippen molar-refractivity contribution in [2.45, 2.75) is 20.3 Å². The van der Waals surface area contributed by atoms with E-state index in [0.29, 0.717) is 30.3 Å². The third-order valence-electron chi connectivity index (χ3n) is 5.81. The van der Waals surface area contributed by atoms with Crippen LogP contribution in [-0.2, 0) is 4.74 Å². The monoisotopic (exact) mass is 347 g/mol. The molecule has 1 saturated carbocycles. The van der Waals surface area contributed by atoms with Crippen molar-refractivity contribution < 1.29 is 24.2 Å². The molecule has 0 unspecified atom stereocenters. The van der Waals surface area contributed by atoms with E-state index in [1.807, 2.05) is 0 Å². The molecule has 0 bridgehead atoms. The lowest BCUT2D eigenvalue weighted by Gasteiger charge is -2.55. The number of aliphatic hydroxyl groups is 1. The second-order valence-electron chi connectivity index (χ2n) is 7.87. The molecule has 0 radical (unpaired) electrons. The first-order valence-electron chi connectivity index (χ1n) is 8.44. The highest BCUT2D eigenvalue weighted by molar-refractivity contribution is 5.98. The summed E-state index contributed by atoms with van der Waals surface area (Å²) >= 11 is 0. The van der Waals surface area contributed by atoms with E-state index in [4.69, 9.17) is 9.47 Å². The molecule has 1 aliphatic carbocycles. The van der Waals surface area contributed by atoms with Gasteiger partial charge in [0, 0.05) is 24.1 Å². The molecule has 2 aliphatic rings. The molecule has 0 spiro atoms. The number of rotatable bonds is 4. The molecular weight excluding hydrogens is 322 g/mol. The van der Waals surface area contributed by atoms with Crippen LogP contribution in [0, 0.1) is 16.7 Å². The maximum absolute atomic E-state index is 13.0. The first-order chi connectivity index (χ1) is 11.8. The van der Waals surface area contributed by atoms with Crippen LogP contribution in [0.5, 0.6) is 5.75 Å². The number of aliphatic hydroxyl groups excluding tert-OH is 1. The highest BCUT2D eigenvalue weighted by Gasteiger charge is 2.63. The SMILES string of the molecule is COC(=O)c1cc(OC)cc(C(=O)N2C[C@@H]3C(C)(C)C[C@]3(CO)C2)c1. The highest BCUT2D eigenvalue weighted by atomic mass is 16.5. The van der Waals surface area contributed by atoms with Crippen LogP contribution < -0.4 is 4.74 Å². The number of likely N-dealkylation sites (tertiary alicyclic amines) is 1. The lowest BCUT2D eigenvalue weighted by Crippen LogP contribution is -2.54. The fourth-order valence-electron chi connectivity index (χ4n) is 4.75. The van der Waals surface area contributed by atoms with Crippen LogP contribution in [0.1, 0.15) is 41.0 Å². The van der Waals surface area contributed by atoms with Gasteiger partial charge in [-0.2, -0.15) is 0 Å². The molecule has 2 atom stereocenters. The van der Waals surface area contributed by atoms with Crippen LogP contribution in [0.2, 0.25) is 0 Å². The van der Waals surface area contributed by atoms with Crippen molar-refractivity contribution in [2.75, 3.05) is 33.9 Å². The maximum Gasteiger partial charge on any atom is 0.338 e. The Morgan fingerprint density at radius 3 is 2.44 bits per heavy atom. The van der Waals surface area contributed by atoms with Gasteiger partial charge in [0.25, 0.3) is 5.91 Å². The zero-order valence-electron chi connectivity index (χ0n) is 15.2. The molecular formula is C19H25NO5. The van der Waals surface area contributed by atoms with Crippen LogP contribution in [0.25, 0.3) is 0 Å². The van der Waals surface area contributed by atoms with Crippen LogP contribution >= 0.6 is 0 Å². The van der Waals surface area contributed by atoms with Crippen molar-refractivity contribution in [1.82, 2.24) is 4.90 Å². The summed E-state index contributed by atoms with van der Waals surface area (Å²) in [5.74, 6) is 0.0646. The third kappa shape index (κ3) is 2.78. The summed E-state index contributed by atoms with van der Waals surface area (Å²) < 4.78 is 9.96. The number of ether oxygens (including phenoxy) is 2. The Kier molecular flexibility index (Phi) is 4.27. The molecule has 1 aromatic rings. The van der Waals surface area contributed by atoms with Crippen LogP contribution in [0.15, 0.2) is 18.2 Å². The molecule has 1 amide bonds. The Bertz CT molecular complexity index is 714. The first-order valence-corrected chi connectivity index (χ1v) is 8.44. The van der Waals surface area contributed by atoms with Gasteiger partial charge in [0.2, 0.25) is 0 Å². The Balaban J connectivity index is 1.88. The summed E-state index contributed by atoms with van der Waals surface area (Å²) in [7, 11) is 2.79. The number of carbonyl (C=O) groups excluding carboxylic acids is 2. The molecule has 1 N–H and O–H groups in total.